The van der Waals surface area contributed by atoms with Crippen molar-refractivity contribution >= 4 is 31.9 Å². The van der Waals surface area contributed by atoms with Gasteiger partial charge in [0.2, 0.25) is 0 Å². The fourth-order valence-electron chi connectivity index (χ4n) is 2.20. The van der Waals surface area contributed by atoms with Crippen LogP contribution in [-0.2, 0) is 6.42 Å². The molecule has 0 bridgehead atoms. The average molecular weight is 398 g/mol. The highest BCUT2D eigenvalue weighted by molar-refractivity contribution is 9.11. The molecule has 1 aromatic heterocycles. The van der Waals surface area contributed by atoms with E-state index in [1.807, 2.05) is 6.07 Å². The fourth-order valence-corrected chi connectivity index (χ4v) is 3.43. The molecular formula is C16H18Br2N2. The smallest absolute Gasteiger partial charge is 0.0758 e. The molecule has 0 saturated heterocycles. The highest BCUT2D eigenvalue weighted by Crippen LogP contribution is 2.27. The maximum absolute atomic E-state index is 6.36. The Bertz CT molecular complexity index is 597. The first-order valence-electron chi connectivity index (χ1n) is 6.62. The van der Waals surface area contributed by atoms with Crippen LogP contribution in [0.3, 0.4) is 0 Å². The lowest BCUT2D eigenvalue weighted by Crippen LogP contribution is -2.14. The van der Waals surface area contributed by atoms with Crippen molar-refractivity contribution in [3.63, 3.8) is 0 Å². The lowest BCUT2D eigenvalue weighted by atomic mass is 9.97. The van der Waals surface area contributed by atoms with Gasteiger partial charge in [-0.15, -0.1) is 0 Å². The largest absolute Gasteiger partial charge is 0.319 e. The average Bonchev–Trinajstić information content (AvgIpc) is 2.37. The minimum Gasteiger partial charge on any atom is -0.319 e. The fraction of sp³-hybridized carbons (Fsp3) is 0.312. The van der Waals surface area contributed by atoms with Crippen molar-refractivity contribution in [3.05, 3.63) is 62.3 Å². The predicted molar refractivity (Wildman–Crippen MR) is 90.7 cm³/mol. The van der Waals surface area contributed by atoms with E-state index in [0.29, 0.717) is 5.92 Å². The number of halogens is 2. The summed E-state index contributed by atoms with van der Waals surface area (Å²) in [5, 5.41) is 0. The Morgan fingerprint density at radius 1 is 1.20 bits per heavy atom. The molecule has 1 heterocycles. The molecular weight excluding hydrogens is 380 g/mol. The molecule has 0 aliphatic heterocycles. The van der Waals surface area contributed by atoms with Gasteiger partial charge in [0.15, 0.2) is 0 Å². The van der Waals surface area contributed by atoms with E-state index in [4.69, 9.17) is 5.73 Å². The second-order valence-electron chi connectivity index (χ2n) is 5.34. The number of nitrogens with zero attached hydrogens (tertiary/aromatic N) is 1. The van der Waals surface area contributed by atoms with E-state index in [0.717, 1.165) is 26.6 Å². The lowest BCUT2D eigenvalue weighted by molar-refractivity contribution is 0.646. The summed E-state index contributed by atoms with van der Waals surface area (Å²) in [6.07, 6.45) is 2.84. The molecule has 0 spiro atoms. The number of hydrogen-bond donors (Lipinski definition) is 1. The zero-order chi connectivity index (χ0) is 14.7. The van der Waals surface area contributed by atoms with Gasteiger partial charge in [0, 0.05) is 15.1 Å². The molecule has 0 aliphatic carbocycles. The van der Waals surface area contributed by atoms with Crippen LogP contribution >= 0.6 is 31.9 Å². The van der Waals surface area contributed by atoms with Gasteiger partial charge < -0.3 is 5.73 Å². The van der Waals surface area contributed by atoms with Crippen LogP contribution in [0.1, 0.15) is 36.7 Å². The summed E-state index contributed by atoms with van der Waals surface area (Å²) < 4.78 is 1.86. The van der Waals surface area contributed by atoms with E-state index in [2.05, 4.69) is 75.0 Å². The predicted octanol–water partition coefficient (Wildman–Crippen LogP) is 4.85. The van der Waals surface area contributed by atoms with Gasteiger partial charge in [-0.3, -0.25) is 4.98 Å². The summed E-state index contributed by atoms with van der Waals surface area (Å²) >= 11 is 6.94. The van der Waals surface area contributed by atoms with Gasteiger partial charge in [0.05, 0.1) is 11.7 Å². The summed E-state index contributed by atoms with van der Waals surface area (Å²) in [5.74, 6) is 0.638. The monoisotopic (exact) mass is 396 g/mol. The molecule has 1 aromatic carbocycles. The van der Waals surface area contributed by atoms with Gasteiger partial charge >= 0.3 is 0 Å². The highest BCUT2D eigenvalue weighted by Gasteiger charge is 2.14. The summed E-state index contributed by atoms with van der Waals surface area (Å²) in [6.45, 7) is 4.44. The van der Waals surface area contributed by atoms with Crippen molar-refractivity contribution < 1.29 is 0 Å². The lowest BCUT2D eigenvalue weighted by Gasteiger charge is -2.15. The van der Waals surface area contributed by atoms with Crippen molar-refractivity contribution in [1.29, 1.82) is 0 Å². The third-order valence-electron chi connectivity index (χ3n) is 3.08. The van der Waals surface area contributed by atoms with Gasteiger partial charge in [-0.05, 0) is 61.4 Å². The minimum atomic E-state index is -0.218. The molecule has 1 atom stereocenters. The number of aromatic nitrogens is 1. The van der Waals surface area contributed by atoms with E-state index < -0.39 is 0 Å². The minimum absolute atomic E-state index is 0.218. The topological polar surface area (TPSA) is 38.9 Å². The number of hydrogen-bond acceptors (Lipinski definition) is 2. The Labute approximate surface area is 137 Å². The molecule has 1 unspecified atom stereocenters. The number of benzene rings is 1. The first-order valence-corrected chi connectivity index (χ1v) is 8.21. The summed E-state index contributed by atoms with van der Waals surface area (Å²) in [7, 11) is 0. The third-order valence-corrected chi connectivity index (χ3v) is 4.15. The van der Waals surface area contributed by atoms with Gasteiger partial charge in [-0.25, -0.2) is 0 Å². The molecule has 2 N–H and O–H groups in total. The molecule has 4 heteroatoms. The third kappa shape index (κ3) is 3.90. The first-order chi connectivity index (χ1) is 9.47. The van der Waals surface area contributed by atoms with Gasteiger partial charge in [-0.2, -0.15) is 0 Å². The molecule has 0 fully saturated rings. The summed E-state index contributed by atoms with van der Waals surface area (Å²) in [6, 6.07) is 10.2. The van der Waals surface area contributed by atoms with E-state index in [-0.39, 0.29) is 6.04 Å². The molecule has 2 aromatic rings. The van der Waals surface area contributed by atoms with Crippen molar-refractivity contribution in [3.8, 4) is 0 Å². The van der Waals surface area contributed by atoms with E-state index in [1.54, 1.807) is 6.20 Å². The Balaban J connectivity index is 2.30. The van der Waals surface area contributed by atoms with Crippen LogP contribution in [0.4, 0.5) is 0 Å². The van der Waals surface area contributed by atoms with Crippen molar-refractivity contribution in [2.75, 3.05) is 0 Å². The van der Waals surface area contributed by atoms with E-state index in [1.165, 1.54) is 5.56 Å². The van der Waals surface area contributed by atoms with Crippen molar-refractivity contribution in [2.24, 2.45) is 11.7 Å². The van der Waals surface area contributed by atoms with Crippen LogP contribution in [0.15, 0.2) is 45.5 Å². The van der Waals surface area contributed by atoms with Crippen LogP contribution in [0, 0.1) is 5.92 Å². The quantitative estimate of drug-likeness (QED) is 0.800. The Morgan fingerprint density at radius 3 is 2.60 bits per heavy atom. The molecule has 2 nitrogen and oxygen atoms in total. The normalized spacial score (nSPS) is 12.7. The molecule has 106 valence electrons. The molecule has 0 radical (unpaired) electrons. The van der Waals surface area contributed by atoms with Crippen molar-refractivity contribution in [1.82, 2.24) is 4.98 Å². The molecule has 0 aliphatic rings. The summed E-state index contributed by atoms with van der Waals surface area (Å²) in [4.78, 5) is 4.43. The van der Waals surface area contributed by atoms with Crippen LogP contribution in [0.2, 0.25) is 0 Å². The Morgan fingerprint density at radius 2 is 1.95 bits per heavy atom. The first kappa shape index (κ1) is 15.7. The van der Waals surface area contributed by atoms with Crippen LogP contribution < -0.4 is 5.73 Å². The molecule has 2 rings (SSSR count). The SMILES string of the molecule is CC(C)Cc1cccc(C(N)c2ncc(Br)cc2Br)c1. The van der Waals surface area contributed by atoms with Crippen LogP contribution in [-0.4, -0.2) is 4.98 Å². The van der Waals surface area contributed by atoms with E-state index >= 15 is 0 Å². The standard InChI is InChI=1S/C16H18Br2N2/c1-10(2)6-11-4-3-5-12(7-11)15(19)16-14(18)8-13(17)9-20-16/h3-5,7-10,15H,6,19H2,1-2H3. The number of rotatable bonds is 4. The van der Waals surface area contributed by atoms with Crippen LogP contribution in [0.5, 0.6) is 0 Å². The van der Waals surface area contributed by atoms with Crippen molar-refractivity contribution in [2.45, 2.75) is 26.3 Å². The Hall–Kier alpha value is -0.710. The van der Waals surface area contributed by atoms with E-state index in [9.17, 15) is 0 Å². The number of nitrogens with two attached hydrogens (primary N) is 1. The van der Waals surface area contributed by atoms with Crippen LogP contribution in [0.25, 0.3) is 0 Å². The van der Waals surface area contributed by atoms with Gasteiger partial charge in [0.25, 0.3) is 0 Å². The summed E-state index contributed by atoms with van der Waals surface area (Å²) in [5.41, 5.74) is 9.63. The molecule has 0 saturated carbocycles. The molecule has 0 amide bonds. The molecule has 20 heavy (non-hydrogen) atoms. The van der Waals surface area contributed by atoms with Gasteiger partial charge in [-0.1, -0.05) is 38.1 Å². The number of pyridine rings is 1. The second-order valence-corrected chi connectivity index (χ2v) is 7.11. The zero-order valence-corrected chi connectivity index (χ0v) is 14.8. The second kappa shape index (κ2) is 6.83. The highest BCUT2D eigenvalue weighted by atomic mass is 79.9. The maximum atomic E-state index is 6.36. The zero-order valence-electron chi connectivity index (χ0n) is 11.6. The maximum Gasteiger partial charge on any atom is 0.0758 e. The Kier molecular flexibility index (Phi) is 5.35. The van der Waals surface area contributed by atoms with Gasteiger partial charge in [0.1, 0.15) is 0 Å².